The first-order valence-electron chi connectivity index (χ1n) is 7.51. The minimum absolute atomic E-state index is 0.882. The number of nitrogens with zero attached hydrogens (tertiary/aromatic N) is 2. The van der Waals surface area contributed by atoms with E-state index in [1.54, 1.807) is 0 Å². The molecule has 0 saturated heterocycles. The monoisotopic (exact) mass is 276 g/mol. The van der Waals surface area contributed by atoms with Gasteiger partial charge in [0.25, 0.3) is 0 Å². The molecule has 0 spiro atoms. The normalized spacial score (nSPS) is 12.0. The van der Waals surface area contributed by atoms with Crippen LogP contribution < -0.4 is 5.36 Å². The van der Waals surface area contributed by atoms with E-state index in [9.17, 15) is 0 Å². The van der Waals surface area contributed by atoms with E-state index in [2.05, 4.69) is 83.3 Å². The second kappa shape index (κ2) is 6.40. The van der Waals surface area contributed by atoms with Crippen LogP contribution in [0.25, 0.3) is 10.9 Å². The van der Waals surface area contributed by atoms with Crippen LogP contribution in [0.15, 0.2) is 71.9 Å². The molecular weight excluding hydrogens is 256 g/mol. The maximum atomic E-state index is 4.69. The van der Waals surface area contributed by atoms with Crippen molar-refractivity contribution < 1.29 is 0 Å². The third kappa shape index (κ3) is 3.05. The van der Waals surface area contributed by atoms with E-state index in [0.717, 1.165) is 24.9 Å². The zero-order valence-electron chi connectivity index (χ0n) is 12.4. The lowest BCUT2D eigenvalue weighted by Crippen LogP contribution is -2.10. The van der Waals surface area contributed by atoms with Crippen molar-refractivity contribution in [3.8, 4) is 0 Å². The molecule has 0 amide bonds. The molecule has 0 aliphatic rings. The predicted octanol–water partition coefficient (Wildman–Crippen LogP) is 4.00. The number of pyridine rings is 1. The van der Waals surface area contributed by atoms with Gasteiger partial charge in [0, 0.05) is 24.7 Å². The second-order valence-corrected chi connectivity index (χ2v) is 5.21. The van der Waals surface area contributed by atoms with Gasteiger partial charge in [-0.05, 0) is 24.1 Å². The number of hydrogen-bond acceptors (Lipinski definition) is 1. The molecule has 0 N–H and O–H groups in total. The van der Waals surface area contributed by atoms with Crippen molar-refractivity contribution >= 4 is 10.9 Å². The summed E-state index contributed by atoms with van der Waals surface area (Å²) in [7, 11) is 0. The number of rotatable bonds is 4. The highest BCUT2D eigenvalue weighted by atomic mass is 14.9. The zero-order chi connectivity index (χ0) is 14.5. The average Bonchev–Trinajstić information content (AvgIpc) is 2.55. The Bertz CT molecular complexity index is 785. The Labute approximate surface area is 125 Å². The third-order valence-electron chi connectivity index (χ3n) is 3.60. The summed E-state index contributed by atoms with van der Waals surface area (Å²) in [5.41, 5.74) is 2.55. The lowest BCUT2D eigenvalue weighted by Gasteiger charge is -2.11. The largest absolute Gasteiger partial charge is 0.343 e. The predicted molar refractivity (Wildman–Crippen MR) is 88.2 cm³/mol. The van der Waals surface area contributed by atoms with E-state index in [1.165, 1.54) is 16.5 Å². The van der Waals surface area contributed by atoms with Gasteiger partial charge < -0.3 is 4.57 Å². The molecule has 0 saturated carbocycles. The van der Waals surface area contributed by atoms with Gasteiger partial charge in [-0.15, -0.1) is 0 Å². The van der Waals surface area contributed by atoms with Crippen molar-refractivity contribution in [1.82, 2.24) is 4.57 Å². The Balaban J connectivity index is 2.09. The topological polar surface area (TPSA) is 17.3 Å². The maximum absolute atomic E-state index is 4.69. The van der Waals surface area contributed by atoms with Crippen LogP contribution in [0.2, 0.25) is 0 Å². The van der Waals surface area contributed by atoms with Gasteiger partial charge in [-0.25, -0.2) is 0 Å². The first kappa shape index (κ1) is 13.6. The standard InChI is InChI=1S/C19H20N2/c1-2-13-20-18-12-14-21(15-16-8-4-3-5-9-16)19-11-7-6-10-17(18)19/h3-12,14H,2,13,15H2,1H3/b20-18-. The molecule has 0 aliphatic carbocycles. The number of hydrogen-bond donors (Lipinski definition) is 0. The summed E-state index contributed by atoms with van der Waals surface area (Å²) in [5, 5.41) is 2.32. The van der Waals surface area contributed by atoms with Gasteiger partial charge in [0.2, 0.25) is 0 Å². The van der Waals surface area contributed by atoms with Crippen molar-refractivity contribution in [3.63, 3.8) is 0 Å². The molecule has 2 heteroatoms. The Hall–Kier alpha value is -2.35. The fourth-order valence-electron chi connectivity index (χ4n) is 2.56. The molecular formula is C19H20N2. The molecule has 21 heavy (non-hydrogen) atoms. The van der Waals surface area contributed by atoms with E-state index in [-0.39, 0.29) is 0 Å². The smallest absolute Gasteiger partial charge is 0.0682 e. The lowest BCUT2D eigenvalue weighted by molar-refractivity contribution is 0.822. The molecule has 3 rings (SSSR count). The van der Waals surface area contributed by atoms with Crippen LogP contribution in [0.4, 0.5) is 0 Å². The van der Waals surface area contributed by atoms with Gasteiger partial charge in [-0.3, -0.25) is 4.99 Å². The Kier molecular flexibility index (Phi) is 4.15. The highest BCUT2D eigenvalue weighted by Crippen LogP contribution is 2.12. The van der Waals surface area contributed by atoms with Crippen LogP contribution >= 0.6 is 0 Å². The van der Waals surface area contributed by atoms with Crippen LogP contribution in [0, 0.1) is 0 Å². The number of benzene rings is 2. The van der Waals surface area contributed by atoms with Crippen molar-refractivity contribution in [1.29, 1.82) is 0 Å². The van der Waals surface area contributed by atoms with Gasteiger partial charge in [-0.2, -0.15) is 0 Å². The maximum Gasteiger partial charge on any atom is 0.0682 e. The quantitative estimate of drug-likeness (QED) is 0.685. The zero-order valence-corrected chi connectivity index (χ0v) is 12.4. The van der Waals surface area contributed by atoms with E-state index in [4.69, 9.17) is 0 Å². The summed E-state index contributed by atoms with van der Waals surface area (Å²) in [5.74, 6) is 0. The highest BCUT2D eigenvalue weighted by molar-refractivity contribution is 5.78. The Morgan fingerprint density at radius 3 is 2.48 bits per heavy atom. The van der Waals surface area contributed by atoms with Crippen molar-refractivity contribution in [2.24, 2.45) is 4.99 Å². The molecule has 106 valence electrons. The molecule has 2 aromatic carbocycles. The van der Waals surface area contributed by atoms with Gasteiger partial charge in [0.1, 0.15) is 0 Å². The van der Waals surface area contributed by atoms with Crippen LogP contribution in [-0.4, -0.2) is 11.1 Å². The molecule has 1 aromatic heterocycles. The van der Waals surface area contributed by atoms with E-state index < -0.39 is 0 Å². The second-order valence-electron chi connectivity index (χ2n) is 5.21. The molecule has 0 atom stereocenters. The van der Waals surface area contributed by atoms with Crippen LogP contribution in [0.5, 0.6) is 0 Å². The Morgan fingerprint density at radius 2 is 1.67 bits per heavy atom. The minimum Gasteiger partial charge on any atom is -0.343 e. The fourth-order valence-corrected chi connectivity index (χ4v) is 2.56. The molecule has 0 fully saturated rings. The van der Waals surface area contributed by atoms with Crippen LogP contribution in [-0.2, 0) is 6.54 Å². The molecule has 3 aromatic rings. The van der Waals surface area contributed by atoms with Crippen LogP contribution in [0.3, 0.4) is 0 Å². The third-order valence-corrected chi connectivity index (χ3v) is 3.60. The van der Waals surface area contributed by atoms with Crippen molar-refractivity contribution in [2.75, 3.05) is 6.54 Å². The van der Waals surface area contributed by atoms with Crippen LogP contribution in [0.1, 0.15) is 18.9 Å². The van der Waals surface area contributed by atoms with Gasteiger partial charge in [0.05, 0.1) is 10.9 Å². The number of fused-ring (bicyclic) bond motifs is 1. The van der Waals surface area contributed by atoms with Crippen molar-refractivity contribution in [2.45, 2.75) is 19.9 Å². The van der Waals surface area contributed by atoms with E-state index in [0.29, 0.717) is 0 Å². The summed E-state index contributed by atoms with van der Waals surface area (Å²) in [6.45, 7) is 3.92. The number of aromatic nitrogens is 1. The van der Waals surface area contributed by atoms with E-state index >= 15 is 0 Å². The fraction of sp³-hybridized carbons (Fsp3) is 0.211. The summed E-state index contributed by atoms with van der Waals surface area (Å²) in [6.07, 6.45) is 3.22. The highest BCUT2D eigenvalue weighted by Gasteiger charge is 2.01. The summed E-state index contributed by atoms with van der Waals surface area (Å²) in [6, 6.07) is 21.2. The number of para-hydroxylation sites is 1. The Morgan fingerprint density at radius 1 is 0.905 bits per heavy atom. The molecule has 2 nitrogen and oxygen atoms in total. The van der Waals surface area contributed by atoms with Crippen molar-refractivity contribution in [3.05, 3.63) is 77.8 Å². The summed E-state index contributed by atoms with van der Waals surface area (Å²) in [4.78, 5) is 4.69. The lowest BCUT2D eigenvalue weighted by atomic mass is 10.1. The molecule has 0 radical (unpaired) electrons. The molecule has 1 heterocycles. The van der Waals surface area contributed by atoms with E-state index in [1.807, 2.05) is 0 Å². The van der Waals surface area contributed by atoms with Gasteiger partial charge in [-0.1, -0.05) is 55.5 Å². The first-order chi connectivity index (χ1) is 10.4. The summed E-state index contributed by atoms with van der Waals surface area (Å²) >= 11 is 0. The summed E-state index contributed by atoms with van der Waals surface area (Å²) < 4.78 is 2.29. The average molecular weight is 276 g/mol. The molecule has 0 unspecified atom stereocenters. The van der Waals surface area contributed by atoms with Gasteiger partial charge >= 0.3 is 0 Å². The first-order valence-corrected chi connectivity index (χ1v) is 7.51. The molecule has 0 bridgehead atoms. The molecule has 0 aliphatic heterocycles. The van der Waals surface area contributed by atoms with Gasteiger partial charge in [0.15, 0.2) is 0 Å². The minimum atomic E-state index is 0.882. The SMILES string of the molecule is CCC/N=c1/ccn(Cc2ccccc2)c2ccccc12.